The molecule has 7 nitrogen and oxygen atoms in total. The minimum Gasteiger partial charge on any atom is -0.493 e. The van der Waals surface area contributed by atoms with E-state index in [2.05, 4.69) is 0 Å². The van der Waals surface area contributed by atoms with Crippen molar-refractivity contribution in [2.75, 3.05) is 6.54 Å². The van der Waals surface area contributed by atoms with Gasteiger partial charge in [-0.1, -0.05) is 18.5 Å². The Labute approximate surface area is 154 Å². The number of nitriles is 1. The van der Waals surface area contributed by atoms with Crippen molar-refractivity contribution in [3.8, 4) is 17.6 Å². The number of rotatable bonds is 2. The maximum absolute atomic E-state index is 13.0. The average Bonchev–Trinajstić information content (AvgIpc) is 3.29. The predicted octanol–water partition coefficient (Wildman–Crippen LogP) is 2.42. The molecule has 2 bridgehead atoms. The Hall–Kier alpha value is -2.72. The number of carbonyl (C=O) groups is 1. The summed E-state index contributed by atoms with van der Waals surface area (Å²) in [4.78, 5) is 26.9. The predicted molar refractivity (Wildman–Crippen MR) is 94.6 cm³/mol. The number of benzene rings is 1. The Balaban J connectivity index is 1.89. The van der Waals surface area contributed by atoms with Crippen molar-refractivity contribution in [3.05, 3.63) is 44.5 Å². The first-order valence-electron chi connectivity index (χ1n) is 8.45. The summed E-state index contributed by atoms with van der Waals surface area (Å²) >= 11 is 6.22. The minimum absolute atomic E-state index is 0.0148. The lowest BCUT2D eigenvalue weighted by atomic mass is 10.1. The van der Waals surface area contributed by atoms with E-state index in [1.165, 1.54) is 10.6 Å². The molecule has 2 aromatic rings. The number of halogens is 1. The van der Waals surface area contributed by atoms with E-state index in [-0.39, 0.29) is 34.6 Å². The van der Waals surface area contributed by atoms with Gasteiger partial charge in [-0.15, -0.1) is 0 Å². The third kappa shape index (κ3) is 1.99. The molecule has 1 aromatic carbocycles. The lowest BCUT2D eigenvalue weighted by molar-refractivity contribution is -0.132. The Kier molecular flexibility index (Phi) is 3.63. The molecule has 2 atom stereocenters. The van der Waals surface area contributed by atoms with E-state index >= 15 is 0 Å². The van der Waals surface area contributed by atoms with E-state index in [1.807, 2.05) is 6.07 Å². The van der Waals surface area contributed by atoms with Crippen molar-refractivity contribution >= 4 is 17.5 Å². The van der Waals surface area contributed by atoms with E-state index in [9.17, 15) is 14.7 Å². The van der Waals surface area contributed by atoms with Gasteiger partial charge in [0.1, 0.15) is 11.8 Å². The Morgan fingerprint density at radius 3 is 2.85 bits per heavy atom. The van der Waals surface area contributed by atoms with Crippen molar-refractivity contribution < 1.29 is 9.90 Å². The van der Waals surface area contributed by atoms with Crippen LogP contribution in [0.1, 0.15) is 48.7 Å². The molecule has 1 N–H and O–H groups in total. The van der Waals surface area contributed by atoms with Crippen LogP contribution in [0.25, 0.3) is 5.69 Å². The van der Waals surface area contributed by atoms with E-state index < -0.39 is 0 Å². The van der Waals surface area contributed by atoms with Crippen molar-refractivity contribution in [1.82, 2.24) is 14.0 Å². The summed E-state index contributed by atoms with van der Waals surface area (Å²) in [5.41, 5.74) is 1.42. The Morgan fingerprint density at radius 2 is 2.19 bits per heavy atom. The lowest BCUT2D eigenvalue weighted by Gasteiger charge is -2.27. The Bertz CT molecular complexity index is 1050. The van der Waals surface area contributed by atoms with Gasteiger partial charge < -0.3 is 10.0 Å². The molecule has 134 valence electrons. The largest absolute Gasteiger partial charge is 0.493 e. The van der Waals surface area contributed by atoms with Crippen molar-refractivity contribution in [1.29, 1.82) is 5.26 Å². The molecule has 0 saturated carbocycles. The average molecular weight is 373 g/mol. The summed E-state index contributed by atoms with van der Waals surface area (Å²) in [5, 5.41) is 20.2. The molecule has 26 heavy (non-hydrogen) atoms. The lowest BCUT2D eigenvalue weighted by Crippen LogP contribution is -2.37. The molecule has 0 spiro atoms. The van der Waals surface area contributed by atoms with Gasteiger partial charge in [0.25, 0.3) is 0 Å². The van der Waals surface area contributed by atoms with Gasteiger partial charge in [0, 0.05) is 13.0 Å². The summed E-state index contributed by atoms with van der Waals surface area (Å²) in [6, 6.07) is 4.73. The van der Waals surface area contributed by atoms with Gasteiger partial charge in [-0.25, -0.2) is 9.36 Å². The molecule has 1 aromatic heterocycles. The smallest absolute Gasteiger partial charge is 0.336 e. The first kappa shape index (κ1) is 16.7. The van der Waals surface area contributed by atoms with Gasteiger partial charge in [0.2, 0.25) is 11.8 Å². The van der Waals surface area contributed by atoms with Gasteiger partial charge in [0.05, 0.1) is 28.4 Å². The second-order valence-electron chi connectivity index (χ2n) is 6.68. The van der Waals surface area contributed by atoms with E-state index in [0.717, 1.165) is 0 Å². The van der Waals surface area contributed by atoms with Crippen molar-refractivity contribution in [2.45, 2.75) is 38.8 Å². The van der Waals surface area contributed by atoms with Gasteiger partial charge in [0.15, 0.2) is 0 Å². The van der Waals surface area contributed by atoms with Crippen LogP contribution < -0.4 is 5.69 Å². The molecule has 4 rings (SSSR count). The molecule has 0 radical (unpaired) electrons. The van der Waals surface area contributed by atoms with Crippen LogP contribution in [0.4, 0.5) is 0 Å². The minimum atomic E-state index is -0.350. The summed E-state index contributed by atoms with van der Waals surface area (Å²) in [7, 11) is 0. The highest BCUT2D eigenvalue weighted by atomic mass is 35.5. The van der Waals surface area contributed by atoms with E-state index in [0.29, 0.717) is 41.9 Å². The number of hydrogen-bond donors (Lipinski definition) is 1. The number of carbonyl (C=O) groups excluding carboxylic acids is 1. The van der Waals surface area contributed by atoms with E-state index in [4.69, 9.17) is 16.9 Å². The second-order valence-corrected chi connectivity index (χ2v) is 7.06. The van der Waals surface area contributed by atoms with Gasteiger partial charge in [-0.3, -0.25) is 9.36 Å². The first-order chi connectivity index (χ1) is 12.4. The quantitative estimate of drug-likeness (QED) is 0.876. The van der Waals surface area contributed by atoms with Gasteiger partial charge in [-0.05, 0) is 31.0 Å². The zero-order chi connectivity index (χ0) is 18.7. The molecular weight excluding hydrogens is 356 g/mol. The maximum atomic E-state index is 13.0. The Morgan fingerprint density at radius 1 is 1.46 bits per heavy atom. The number of imidazole rings is 1. The molecule has 2 aliphatic heterocycles. The number of likely N-dealkylation sites (tertiary alicyclic amines) is 1. The fourth-order valence-electron chi connectivity index (χ4n) is 4.15. The zero-order valence-electron chi connectivity index (χ0n) is 14.4. The number of amides is 1. The van der Waals surface area contributed by atoms with Crippen LogP contribution >= 0.6 is 11.6 Å². The highest BCUT2D eigenvalue weighted by Crippen LogP contribution is 2.48. The standard InChI is InChI=1S/C18H17ClN4O3/c1-3-14(24)21-8-11-6-13(21)16-17(25)23(18(26)22(11)16)12-5-4-10(7-20)15(19)9(12)2/h4-5,11,13,25H,3,6,8H2,1-2H3/t11-,13-/m0/s1. The zero-order valence-corrected chi connectivity index (χ0v) is 15.1. The van der Waals surface area contributed by atoms with Crippen molar-refractivity contribution in [2.24, 2.45) is 0 Å². The normalized spacial score (nSPS) is 20.3. The van der Waals surface area contributed by atoms with Crippen LogP contribution in [-0.4, -0.2) is 31.6 Å². The third-order valence-electron chi connectivity index (χ3n) is 5.40. The van der Waals surface area contributed by atoms with Crippen molar-refractivity contribution in [3.63, 3.8) is 0 Å². The second kappa shape index (κ2) is 5.64. The molecule has 1 fully saturated rings. The highest BCUT2D eigenvalue weighted by molar-refractivity contribution is 6.32. The summed E-state index contributed by atoms with van der Waals surface area (Å²) in [6.07, 6.45) is 1.04. The number of nitrogens with zero attached hydrogens (tertiary/aromatic N) is 4. The van der Waals surface area contributed by atoms with E-state index in [1.54, 1.807) is 29.4 Å². The topological polar surface area (TPSA) is 91.3 Å². The fraction of sp³-hybridized carbons (Fsp3) is 0.389. The number of aromatic nitrogens is 2. The molecule has 2 aliphatic rings. The van der Waals surface area contributed by atoms with Crippen LogP contribution in [0, 0.1) is 18.3 Å². The van der Waals surface area contributed by atoms with Gasteiger partial charge >= 0.3 is 5.69 Å². The fourth-order valence-corrected chi connectivity index (χ4v) is 4.35. The third-order valence-corrected chi connectivity index (χ3v) is 5.89. The molecule has 0 unspecified atom stereocenters. The van der Waals surface area contributed by atoms with Gasteiger partial charge in [-0.2, -0.15) is 5.26 Å². The molecule has 1 amide bonds. The van der Waals surface area contributed by atoms with Crippen LogP contribution in [0.3, 0.4) is 0 Å². The molecular formula is C18H17ClN4O3. The molecule has 0 aliphatic carbocycles. The number of fused-ring (bicyclic) bond motifs is 5. The molecule has 8 heteroatoms. The number of hydrogen-bond acceptors (Lipinski definition) is 4. The SMILES string of the molecule is CCC(=O)N1C[C@@H]2C[C@H]1c1c(O)n(-c3ccc(C#N)c(Cl)c3C)c(=O)n12. The summed E-state index contributed by atoms with van der Waals surface area (Å²) < 4.78 is 2.81. The highest BCUT2D eigenvalue weighted by Gasteiger charge is 2.48. The molecule has 3 heterocycles. The van der Waals surface area contributed by atoms with Crippen LogP contribution in [0.5, 0.6) is 5.88 Å². The summed E-state index contributed by atoms with van der Waals surface area (Å²) in [6.45, 7) is 3.99. The number of aromatic hydroxyl groups is 1. The van der Waals surface area contributed by atoms with Crippen LogP contribution in [0.15, 0.2) is 16.9 Å². The maximum Gasteiger partial charge on any atom is 0.336 e. The monoisotopic (exact) mass is 372 g/mol. The van der Waals surface area contributed by atoms with Crippen LogP contribution in [0.2, 0.25) is 5.02 Å². The van der Waals surface area contributed by atoms with Crippen LogP contribution in [-0.2, 0) is 4.79 Å². The molecule has 1 saturated heterocycles. The first-order valence-corrected chi connectivity index (χ1v) is 8.83. The summed E-state index contributed by atoms with van der Waals surface area (Å²) in [5.74, 6) is -0.152.